The van der Waals surface area contributed by atoms with E-state index in [1.54, 1.807) is 7.05 Å². The summed E-state index contributed by atoms with van der Waals surface area (Å²) >= 11 is 17.7. The van der Waals surface area contributed by atoms with Gasteiger partial charge in [0, 0.05) is 0 Å². The van der Waals surface area contributed by atoms with Crippen LogP contribution < -0.4 is 10.6 Å². The minimum Gasteiger partial charge on any atom is -0.336 e. The van der Waals surface area contributed by atoms with Crippen molar-refractivity contribution in [2.45, 2.75) is 48.5 Å². The molecule has 4 fully saturated rings. The van der Waals surface area contributed by atoms with Crippen LogP contribution >= 0.6 is 34.8 Å². The van der Waals surface area contributed by atoms with Gasteiger partial charge in [-0.3, -0.25) is 10.1 Å². The van der Waals surface area contributed by atoms with Crippen LogP contribution in [0, 0.1) is 23.2 Å². The summed E-state index contributed by atoms with van der Waals surface area (Å²) in [5.74, 6) is 2.26. The number of hydrogen-bond acceptors (Lipinski definition) is 2. The monoisotopic (exact) mass is 338 g/mol. The highest BCUT2D eigenvalue weighted by Gasteiger charge is 2.55. The third-order valence-corrected chi connectivity index (χ3v) is 6.07. The fourth-order valence-corrected chi connectivity index (χ4v) is 5.48. The van der Waals surface area contributed by atoms with Gasteiger partial charge in [-0.1, -0.05) is 34.8 Å². The average molecular weight is 340 g/mol. The Morgan fingerprint density at radius 1 is 1.10 bits per heavy atom. The summed E-state index contributed by atoms with van der Waals surface area (Å²) in [5.41, 5.74) is -0.209. The van der Waals surface area contributed by atoms with E-state index in [-0.39, 0.29) is 11.3 Å². The number of alkyl halides is 3. The van der Waals surface area contributed by atoms with E-state index in [9.17, 15) is 4.79 Å². The molecule has 3 nitrogen and oxygen atoms in total. The quantitative estimate of drug-likeness (QED) is 0.612. The smallest absolute Gasteiger partial charge is 0.227 e. The van der Waals surface area contributed by atoms with Gasteiger partial charge in [0.2, 0.25) is 9.70 Å². The van der Waals surface area contributed by atoms with Crippen molar-refractivity contribution in [1.82, 2.24) is 10.6 Å². The summed E-state index contributed by atoms with van der Waals surface area (Å²) in [7, 11) is 1.69. The molecule has 4 aliphatic rings. The Bertz CT molecular complexity index is 372. The molecule has 6 heteroatoms. The van der Waals surface area contributed by atoms with Crippen LogP contribution in [0.5, 0.6) is 0 Å². The first-order valence-electron chi connectivity index (χ1n) is 7.37. The number of halogens is 3. The largest absolute Gasteiger partial charge is 0.336 e. The first-order valence-corrected chi connectivity index (χ1v) is 8.51. The van der Waals surface area contributed by atoms with Gasteiger partial charge in [0.25, 0.3) is 0 Å². The first kappa shape index (κ1) is 15.2. The molecule has 0 heterocycles. The van der Waals surface area contributed by atoms with Gasteiger partial charge in [-0.25, -0.2) is 0 Å². The Balaban J connectivity index is 1.74. The van der Waals surface area contributed by atoms with Gasteiger partial charge in [0.05, 0.1) is 5.41 Å². The molecular formula is C14H21Cl3N2O. The van der Waals surface area contributed by atoms with Crippen LogP contribution in [-0.4, -0.2) is 22.9 Å². The Morgan fingerprint density at radius 2 is 1.55 bits per heavy atom. The maximum atomic E-state index is 12.8. The maximum absolute atomic E-state index is 12.8. The molecule has 4 saturated carbocycles. The van der Waals surface area contributed by atoms with E-state index in [0.717, 1.165) is 37.0 Å². The number of carbonyl (C=O) groups excluding carboxylic acids is 1. The lowest BCUT2D eigenvalue weighted by Gasteiger charge is -2.56. The molecule has 0 aromatic heterocycles. The van der Waals surface area contributed by atoms with Crippen molar-refractivity contribution in [3.63, 3.8) is 0 Å². The van der Waals surface area contributed by atoms with Gasteiger partial charge in [0.1, 0.15) is 6.17 Å². The van der Waals surface area contributed by atoms with Crippen LogP contribution in [0.25, 0.3) is 0 Å². The van der Waals surface area contributed by atoms with Gasteiger partial charge in [-0.2, -0.15) is 0 Å². The van der Waals surface area contributed by atoms with E-state index in [1.165, 1.54) is 19.3 Å². The second kappa shape index (κ2) is 5.19. The summed E-state index contributed by atoms with van der Waals surface area (Å²) in [6.45, 7) is 0. The van der Waals surface area contributed by atoms with Gasteiger partial charge in [-0.05, 0) is 63.3 Å². The maximum Gasteiger partial charge on any atom is 0.227 e. The van der Waals surface area contributed by atoms with Gasteiger partial charge >= 0.3 is 0 Å². The highest BCUT2D eigenvalue weighted by Crippen LogP contribution is 2.60. The van der Waals surface area contributed by atoms with Crippen LogP contribution in [0.4, 0.5) is 0 Å². The molecule has 114 valence electrons. The molecule has 0 aromatic carbocycles. The van der Waals surface area contributed by atoms with Crippen molar-refractivity contribution in [2.75, 3.05) is 7.05 Å². The van der Waals surface area contributed by atoms with Crippen LogP contribution in [0.1, 0.15) is 38.5 Å². The zero-order valence-corrected chi connectivity index (χ0v) is 13.9. The summed E-state index contributed by atoms with van der Waals surface area (Å²) < 4.78 is -1.54. The molecular weight excluding hydrogens is 319 g/mol. The van der Waals surface area contributed by atoms with Crippen molar-refractivity contribution in [2.24, 2.45) is 23.2 Å². The van der Waals surface area contributed by atoms with Crippen molar-refractivity contribution in [3.8, 4) is 0 Å². The lowest BCUT2D eigenvalue weighted by atomic mass is 9.49. The van der Waals surface area contributed by atoms with E-state index in [1.807, 2.05) is 0 Å². The summed E-state index contributed by atoms with van der Waals surface area (Å²) in [6, 6.07) is 0. The molecule has 2 N–H and O–H groups in total. The third kappa shape index (κ3) is 2.67. The normalized spacial score (nSPS) is 40.7. The molecule has 1 amide bonds. The number of nitrogens with one attached hydrogen (secondary N) is 2. The molecule has 4 rings (SSSR count). The van der Waals surface area contributed by atoms with E-state index >= 15 is 0 Å². The zero-order valence-electron chi connectivity index (χ0n) is 11.6. The second-order valence-electron chi connectivity index (χ2n) is 6.93. The molecule has 20 heavy (non-hydrogen) atoms. The number of carbonyl (C=O) groups is 1. The highest BCUT2D eigenvalue weighted by atomic mass is 35.6. The van der Waals surface area contributed by atoms with Crippen LogP contribution in [0.2, 0.25) is 0 Å². The lowest BCUT2D eigenvalue weighted by Crippen LogP contribution is -2.59. The Labute approximate surface area is 135 Å². The number of rotatable bonds is 3. The molecule has 4 aliphatic carbocycles. The molecule has 0 aromatic rings. The Hall–Kier alpha value is 0.300. The lowest BCUT2D eigenvalue weighted by molar-refractivity contribution is -0.147. The van der Waals surface area contributed by atoms with Crippen LogP contribution in [0.15, 0.2) is 0 Å². The van der Waals surface area contributed by atoms with Gasteiger partial charge in [0.15, 0.2) is 0 Å². The van der Waals surface area contributed by atoms with E-state index in [4.69, 9.17) is 34.8 Å². The Morgan fingerprint density at radius 3 is 1.90 bits per heavy atom. The van der Waals surface area contributed by atoms with E-state index in [2.05, 4.69) is 10.6 Å². The van der Waals surface area contributed by atoms with Crippen LogP contribution in [0.3, 0.4) is 0 Å². The standard InChI is InChI=1S/C14H21Cl3N2O/c1-18-11(14(15,16)17)19-12(20)13-5-8-2-9(6-13)4-10(3-8)7-13/h8-11,18H,2-7H2,1H3,(H,19,20). The minimum atomic E-state index is -1.54. The SMILES string of the molecule is CNC(NC(=O)C12CC3CC(CC(C3)C1)C2)C(Cl)(Cl)Cl. The molecule has 4 bridgehead atoms. The fourth-order valence-electron chi connectivity index (χ4n) is 4.99. The molecule has 0 saturated heterocycles. The van der Waals surface area contributed by atoms with Crippen molar-refractivity contribution in [1.29, 1.82) is 0 Å². The van der Waals surface area contributed by atoms with E-state index in [0.29, 0.717) is 0 Å². The third-order valence-electron chi connectivity index (χ3n) is 5.41. The Kier molecular flexibility index (Phi) is 3.94. The zero-order chi connectivity index (χ0) is 14.5. The van der Waals surface area contributed by atoms with Crippen molar-refractivity contribution >= 4 is 40.7 Å². The van der Waals surface area contributed by atoms with Gasteiger partial charge < -0.3 is 5.32 Å². The first-order chi connectivity index (χ1) is 9.32. The fraction of sp³-hybridized carbons (Fsp3) is 0.929. The molecule has 1 atom stereocenters. The van der Waals surface area contributed by atoms with Crippen LogP contribution in [-0.2, 0) is 4.79 Å². The highest BCUT2D eigenvalue weighted by molar-refractivity contribution is 6.68. The minimum absolute atomic E-state index is 0.0716. The van der Waals surface area contributed by atoms with Crippen molar-refractivity contribution in [3.05, 3.63) is 0 Å². The predicted molar refractivity (Wildman–Crippen MR) is 81.9 cm³/mol. The summed E-state index contributed by atoms with van der Waals surface area (Å²) in [4.78, 5) is 12.8. The summed E-state index contributed by atoms with van der Waals surface area (Å²) in [6.07, 6.45) is 6.34. The molecule has 1 unspecified atom stereocenters. The summed E-state index contributed by atoms with van der Waals surface area (Å²) in [5, 5.41) is 5.79. The average Bonchev–Trinajstić information content (AvgIpc) is 2.32. The predicted octanol–water partition coefficient (Wildman–Crippen LogP) is 3.23. The number of hydrogen-bond donors (Lipinski definition) is 2. The number of amides is 1. The molecule has 0 radical (unpaired) electrons. The molecule has 0 aliphatic heterocycles. The van der Waals surface area contributed by atoms with Gasteiger partial charge in [-0.15, -0.1) is 0 Å². The topological polar surface area (TPSA) is 41.1 Å². The molecule has 0 spiro atoms. The van der Waals surface area contributed by atoms with E-state index < -0.39 is 9.96 Å². The van der Waals surface area contributed by atoms with Crippen molar-refractivity contribution < 1.29 is 4.79 Å². The second-order valence-corrected chi connectivity index (χ2v) is 9.30.